The molecule has 0 aliphatic carbocycles. The number of rotatable bonds is 10. The van der Waals surface area contributed by atoms with E-state index in [1.807, 2.05) is 31.4 Å². The van der Waals surface area contributed by atoms with E-state index >= 15 is 0 Å². The van der Waals surface area contributed by atoms with Gasteiger partial charge in [-0.25, -0.2) is 4.72 Å². The Balaban J connectivity index is 1.97. The lowest BCUT2D eigenvalue weighted by atomic mass is 10.1. The number of hydrogen-bond acceptors (Lipinski definition) is 5. The summed E-state index contributed by atoms with van der Waals surface area (Å²) >= 11 is 13.5. The molecule has 2 aromatic carbocycles. The van der Waals surface area contributed by atoms with Gasteiger partial charge in [-0.05, 0) is 48.1 Å². The molecule has 2 aromatic rings. The summed E-state index contributed by atoms with van der Waals surface area (Å²) in [5.74, 6) is 7.04. The summed E-state index contributed by atoms with van der Waals surface area (Å²) in [6.45, 7) is 2.78. The zero-order valence-corrected chi connectivity index (χ0v) is 20.1. The molecule has 1 atom stereocenters. The van der Waals surface area contributed by atoms with Crippen LogP contribution in [-0.2, 0) is 11.2 Å². The van der Waals surface area contributed by atoms with Crippen LogP contribution in [0.15, 0.2) is 36.4 Å². The van der Waals surface area contributed by atoms with Crippen LogP contribution in [0.25, 0.3) is 0 Å². The van der Waals surface area contributed by atoms with Crippen LogP contribution in [0.1, 0.15) is 30.5 Å². The van der Waals surface area contributed by atoms with Crippen molar-refractivity contribution in [3.63, 3.8) is 0 Å². The highest BCUT2D eigenvalue weighted by Crippen LogP contribution is 2.28. The first-order valence-electron chi connectivity index (χ1n) is 9.76. The van der Waals surface area contributed by atoms with Crippen molar-refractivity contribution in [2.75, 3.05) is 26.5 Å². The number of nitrogens with one attached hydrogen (secondary N) is 2. The molecule has 1 unspecified atom stereocenters. The second kappa shape index (κ2) is 13.4. The van der Waals surface area contributed by atoms with E-state index in [1.54, 1.807) is 25.3 Å². The average molecular weight is 481 g/mol. The fourth-order valence-electron chi connectivity index (χ4n) is 2.79. The number of halogens is 2. The predicted octanol–water partition coefficient (Wildman–Crippen LogP) is 5.06. The van der Waals surface area contributed by atoms with Gasteiger partial charge in [0.05, 0.1) is 17.2 Å². The molecule has 0 saturated carbocycles. The largest absolute Gasteiger partial charge is 0.493 e. The van der Waals surface area contributed by atoms with Gasteiger partial charge in [-0.15, -0.1) is 5.92 Å². The number of benzene rings is 2. The molecule has 0 radical (unpaired) electrons. The number of carbonyl (C=O) groups is 1. The van der Waals surface area contributed by atoms with Crippen molar-refractivity contribution in [1.29, 1.82) is 0 Å². The quantitative estimate of drug-likeness (QED) is 0.367. The third kappa shape index (κ3) is 7.86. The van der Waals surface area contributed by atoms with Crippen molar-refractivity contribution < 1.29 is 14.3 Å². The summed E-state index contributed by atoms with van der Waals surface area (Å²) in [6, 6.07) is 10.4. The minimum Gasteiger partial charge on any atom is -0.493 e. The highest BCUT2D eigenvalue weighted by molar-refractivity contribution is 7.96. The maximum Gasteiger partial charge on any atom is 0.242 e. The van der Waals surface area contributed by atoms with Gasteiger partial charge in [0.25, 0.3) is 0 Å². The topological polar surface area (TPSA) is 59.6 Å². The second-order valence-corrected chi connectivity index (χ2v) is 7.91. The van der Waals surface area contributed by atoms with Crippen LogP contribution in [0.4, 0.5) is 0 Å². The van der Waals surface area contributed by atoms with Crippen molar-refractivity contribution in [3.05, 3.63) is 57.6 Å². The smallest absolute Gasteiger partial charge is 0.242 e. The number of amides is 1. The normalized spacial score (nSPS) is 11.3. The van der Waals surface area contributed by atoms with Crippen LogP contribution >= 0.6 is 35.1 Å². The molecule has 8 heteroatoms. The SMILES string of the molecule is CCC#CCOc1ccc(CCNC(=O)C(NSC)c2ccc(Cl)c(Cl)c2)cc1OC. The first-order chi connectivity index (χ1) is 15.0. The number of methoxy groups -OCH3 is 1. The standard InChI is InChI=1S/C23H26Cl2N2O3S/c1-4-5-6-13-30-20-10-7-16(14-21(20)29-2)11-12-26-23(28)22(27-31-3)17-8-9-18(24)19(25)15-17/h7-10,14-15,22,27H,4,11-13H2,1-3H3,(H,26,28). The third-order valence-corrected chi connectivity index (χ3v) is 5.53. The van der Waals surface area contributed by atoms with Crippen molar-refractivity contribution >= 4 is 41.1 Å². The Morgan fingerprint density at radius 2 is 1.94 bits per heavy atom. The van der Waals surface area contributed by atoms with E-state index < -0.39 is 6.04 Å². The fraction of sp³-hybridized carbons (Fsp3) is 0.348. The summed E-state index contributed by atoms with van der Waals surface area (Å²) in [5, 5.41) is 3.83. The summed E-state index contributed by atoms with van der Waals surface area (Å²) in [6.07, 6.45) is 3.30. The van der Waals surface area contributed by atoms with Crippen molar-refractivity contribution in [3.8, 4) is 23.3 Å². The lowest BCUT2D eigenvalue weighted by molar-refractivity contribution is -0.122. The van der Waals surface area contributed by atoms with Gasteiger partial charge in [0, 0.05) is 13.0 Å². The van der Waals surface area contributed by atoms with Gasteiger partial charge in [0.2, 0.25) is 5.91 Å². The second-order valence-electron chi connectivity index (χ2n) is 6.45. The maximum absolute atomic E-state index is 12.7. The molecule has 0 heterocycles. The lowest BCUT2D eigenvalue weighted by Gasteiger charge is -2.18. The van der Waals surface area contributed by atoms with Gasteiger partial charge in [-0.2, -0.15) is 0 Å². The molecule has 31 heavy (non-hydrogen) atoms. The van der Waals surface area contributed by atoms with E-state index in [4.69, 9.17) is 32.7 Å². The number of carbonyl (C=O) groups excluding carboxylic acids is 1. The Bertz CT molecular complexity index is 944. The molecule has 0 aliphatic heterocycles. The summed E-state index contributed by atoms with van der Waals surface area (Å²) in [7, 11) is 1.60. The Kier molecular flexibility index (Phi) is 10.9. The Labute approximate surface area is 198 Å². The Hall–Kier alpha value is -2.04. The van der Waals surface area contributed by atoms with Crippen molar-refractivity contribution in [2.45, 2.75) is 25.8 Å². The minimum absolute atomic E-state index is 0.144. The van der Waals surface area contributed by atoms with Crippen LogP contribution in [0.2, 0.25) is 10.0 Å². The number of ether oxygens (including phenoxy) is 2. The average Bonchev–Trinajstić information content (AvgIpc) is 2.77. The molecule has 166 valence electrons. The van der Waals surface area contributed by atoms with Gasteiger partial charge in [0.1, 0.15) is 12.6 Å². The van der Waals surface area contributed by atoms with Crippen LogP contribution in [-0.4, -0.2) is 32.4 Å². The molecule has 0 spiro atoms. The first-order valence-corrected chi connectivity index (χ1v) is 11.7. The van der Waals surface area contributed by atoms with E-state index in [-0.39, 0.29) is 5.91 Å². The minimum atomic E-state index is -0.542. The maximum atomic E-state index is 12.7. The van der Waals surface area contributed by atoms with E-state index in [0.29, 0.717) is 41.1 Å². The van der Waals surface area contributed by atoms with Crippen molar-refractivity contribution in [2.24, 2.45) is 0 Å². The monoisotopic (exact) mass is 480 g/mol. The fourth-order valence-corrected chi connectivity index (χ4v) is 3.58. The molecule has 5 nitrogen and oxygen atoms in total. The van der Waals surface area contributed by atoms with Crippen LogP contribution in [0, 0.1) is 11.8 Å². The molecule has 0 bridgehead atoms. The molecule has 0 aliphatic rings. The molecule has 2 N–H and O–H groups in total. The summed E-state index contributed by atoms with van der Waals surface area (Å²) in [4.78, 5) is 12.7. The Morgan fingerprint density at radius 3 is 2.61 bits per heavy atom. The van der Waals surface area contributed by atoms with Gasteiger partial charge in [-0.3, -0.25) is 4.79 Å². The van der Waals surface area contributed by atoms with E-state index in [9.17, 15) is 4.79 Å². The highest BCUT2D eigenvalue weighted by atomic mass is 35.5. The van der Waals surface area contributed by atoms with E-state index in [2.05, 4.69) is 21.9 Å². The molecular formula is C23H26Cl2N2O3S. The molecular weight excluding hydrogens is 455 g/mol. The van der Waals surface area contributed by atoms with Gasteiger partial charge < -0.3 is 14.8 Å². The Morgan fingerprint density at radius 1 is 1.13 bits per heavy atom. The van der Waals surface area contributed by atoms with Gasteiger partial charge >= 0.3 is 0 Å². The summed E-state index contributed by atoms with van der Waals surface area (Å²) in [5.41, 5.74) is 1.77. The van der Waals surface area contributed by atoms with Gasteiger partial charge in [0.15, 0.2) is 11.5 Å². The third-order valence-electron chi connectivity index (χ3n) is 4.32. The predicted molar refractivity (Wildman–Crippen MR) is 129 cm³/mol. The molecule has 0 fully saturated rings. The lowest BCUT2D eigenvalue weighted by Crippen LogP contribution is -2.36. The number of hydrogen-bond donors (Lipinski definition) is 2. The van der Waals surface area contributed by atoms with Crippen molar-refractivity contribution in [1.82, 2.24) is 10.0 Å². The molecule has 0 saturated heterocycles. The van der Waals surface area contributed by atoms with E-state index in [1.165, 1.54) is 11.9 Å². The van der Waals surface area contributed by atoms with Crippen LogP contribution in [0.3, 0.4) is 0 Å². The first kappa shape index (κ1) is 25.2. The van der Waals surface area contributed by atoms with Gasteiger partial charge in [-0.1, -0.05) is 60.1 Å². The molecule has 0 aromatic heterocycles. The summed E-state index contributed by atoms with van der Waals surface area (Å²) < 4.78 is 14.2. The van der Waals surface area contributed by atoms with Crippen LogP contribution < -0.4 is 19.5 Å². The zero-order valence-electron chi connectivity index (χ0n) is 17.8. The van der Waals surface area contributed by atoms with Crippen LogP contribution in [0.5, 0.6) is 11.5 Å². The zero-order chi connectivity index (χ0) is 22.6. The highest BCUT2D eigenvalue weighted by Gasteiger charge is 2.20. The molecule has 2 rings (SSSR count). The molecule has 1 amide bonds. The van der Waals surface area contributed by atoms with E-state index in [0.717, 1.165) is 17.5 Å².